The molecule has 0 fully saturated rings. The van der Waals surface area contributed by atoms with E-state index in [0.29, 0.717) is 19.4 Å². The lowest BCUT2D eigenvalue weighted by Gasteiger charge is -2.22. The second-order valence-electron chi connectivity index (χ2n) is 5.67. The number of carbonyl (C=O) groups excluding carboxylic acids is 1. The lowest BCUT2D eigenvalue weighted by atomic mass is 10.1. The largest absolute Gasteiger partial charge is 0.463 e. The number of nitrogens with zero attached hydrogens (tertiary/aromatic N) is 1. The number of hydrogen-bond acceptors (Lipinski definition) is 5. The van der Waals surface area contributed by atoms with Gasteiger partial charge in [-0.1, -0.05) is 0 Å². The highest BCUT2D eigenvalue weighted by Crippen LogP contribution is 2.09. The standard InChI is InChI=1S/C13H27N3O3.ClH/c1-9(2)18-12(15)16-8-6-7-10(14)11(17)19-13(3,4)5;/h9-10H,6-8,14H2,1-5H3,(H2,15,16);1H/t10-;/m0./s1. The molecule has 0 aromatic rings. The average Bonchev–Trinajstić information content (AvgIpc) is 2.20. The van der Waals surface area contributed by atoms with E-state index in [1.54, 1.807) is 0 Å². The first-order chi connectivity index (χ1) is 8.61. The minimum Gasteiger partial charge on any atom is -0.463 e. The van der Waals surface area contributed by atoms with Crippen LogP contribution in [0.3, 0.4) is 0 Å². The van der Waals surface area contributed by atoms with Crippen LogP contribution in [0, 0.1) is 0 Å². The van der Waals surface area contributed by atoms with Gasteiger partial charge in [0, 0.05) is 6.54 Å². The molecule has 0 amide bonds. The molecule has 0 aromatic carbocycles. The van der Waals surface area contributed by atoms with Gasteiger partial charge in [-0.3, -0.25) is 4.79 Å². The normalized spacial score (nSPS) is 13.7. The van der Waals surface area contributed by atoms with Crippen LogP contribution < -0.4 is 11.5 Å². The van der Waals surface area contributed by atoms with E-state index in [1.165, 1.54) is 0 Å². The maximum atomic E-state index is 11.6. The molecule has 4 N–H and O–H groups in total. The summed E-state index contributed by atoms with van der Waals surface area (Å²) in [5.41, 5.74) is 10.8. The molecule has 1 atom stereocenters. The van der Waals surface area contributed by atoms with Gasteiger partial charge in [0.2, 0.25) is 0 Å². The van der Waals surface area contributed by atoms with Crippen LogP contribution >= 0.6 is 12.4 Å². The summed E-state index contributed by atoms with van der Waals surface area (Å²) in [4.78, 5) is 15.6. The van der Waals surface area contributed by atoms with Crippen molar-refractivity contribution in [3.63, 3.8) is 0 Å². The molecule has 0 aliphatic carbocycles. The van der Waals surface area contributed by atoms with Gasteiger partial charge >= 0.3 is 5.97 Å². The van der Waals surface area contributed by atoms with Crippen LogP contribution in [0.1, 0.15) is 47.5 Å². The molecule has 0 aliphatic rings. The van der Waals surface area contributed by atoms with Crippen LogP contribution in [-0.4, -0.2) is 36.3 Å². The number of rotatable bonds is 6. The number of halogens is 1. The summed E-state index contributed by atoms with van der Waals surface area (Å²) in [5.74, 6) is -0.386. The maximum Gasteiger partial charge on any atom is 0.323 e. The molecule has 0 rings (SSSR count). The van der Waals surface area contributed by atoms with E-state index in [2.05, 4.69) is 4.99 Å². The zero-order chi connectivity index (χ0) is 15.1. The van der Waals surface area contributed by atoms with Crippen molar-refractivity contribution in [3.05, 3.63) is 0 Å². The first kappa shape index (κ1) is 21.3. The van der Waals surface area contributed by atoms with Crippen molar-refractivity contribution in [2.45, 2.75) is 65.2 Å². The molecule has 0 saturated heterocycles. The lowest BCUT2D eigenvalue weighted by Crippen LogP contribution is -2.37. The molecular weight excluding hydrogens is 282 g/mol. The Bertz CT molecular complexity index is 314. The van der Waals surface area contributed by atoms with Crippen LogP contribution in [0.4, 0.5) is 0 Å². The third-order valence-electron chi connectivity index (χ3n) is 2.01. The van der Waals surface area contributed by atoms with Crippen LogP contribution in [0.2, 0.25) is 0 Å². The quantitative estimate of drug-likeness (QED) is 0.336. The van der Waals surface area contributed by atoms with Gasteiger partial charge in [0.05, 0.1) is 6.10 Å². The van der Waals surface area contributed by atoms with Crippen LogP contribution in [0.15, 0.2) is 4.99 Å². The van der Waals surface area contributed by atoms with E-state index in [0.717, 1.165) is 0 Å². The number of ether oxygens (including phenoxy) is 2. The SMILES string of the molecule is CC(C)OC(N)=NCCC[C@H](N)C(=O)OC(C)(C)C.Cl. The summed E-state index contributed by atoms with van der Waals surface area (Å²) >= 11 is 0. The minimum atomic E-state index is -0.623. The maximum absolute atomic E-state index is 11.6. The molecule has 0 heterocycles. The van der Waals surface area contributed by atoms with Crippen LogP contribution in [0.5, 0.6) is 0 Å². The van der Waals surface area contributed by atoms with Gasteiger partial charge in [0.15, 0.2) is 0 Å². The van der Waals surface area contributed by atoms with Crippen molar-refractivity contribution in [3.8, 4) is 0 Å². The van der Waals surface area contributed by atoms with Crippen molar-refractivity contribution >= 4 is 24.4 Å². The molecule has 6 nitrogen and oxygen atoms in total. The second kappa shape index (κ2) is 9.83. The van der Waals surface area contributed by atoms with Gasteiger partial charge in [0.1, 0.15) is 11.6 Å². The highest BCUT2D eigenvalue weighted by Gasteiger charge is 2.21. The third-order valence-corrected chi connectivity index (χ3v) is 2.01. The second-order valence-corrected chi connectivity index (χ2v) is 5.67. The Labute approximate surface area is 127 Å². The molecule has 0 spiro atoms. The number of esters is 1. The Balaban J connectivity index is 0. The molecule has 0 radical (unpaired) electrons. The molecule has 0 saturated carbocycles. The molecule has 7 heteroatoms. The average molecular weight is 310 g/mol. The predicted octanol–water partition coefficient (Wildman–Crippen LogP) is 1.60. The van der Waals surface area contributed by atoms with Crippen molar-refractivity contribution in [1.29, 1.82) is 0 Å². The van der Waals surface area contributed by atoms with Gasteiger partial charge in [-0.05, 0) is 47.5 Å². The summed E-state index contributed by atoms with van der Waals surface area (Å²) in [6, 6.07) is -0.456. The lowest BCUT2D eigenvalue weighted by molar-refractivity contribution is -0.156. The topological polar surface area (TPSA) is 99.9 Å². The summed E-state index contributed by atoms with van der Waals surface area (Å²) in [6.45, 7) is 9.67. The zero-order valence-corrected chi connectivity index (χ0v) is 13.8. The molecular formula is C13H28ClN3O3. The summed E-state index contributed by atoms with van der Waals surface area (Å²) in [7, 11) is 0. The monoisotopic (exact) mass is 309 g/mol. The Morgan fingerprint density at radius 3 is 2.30 bits per heavy atom. The Morgan fingerprint density at radius 1 is 1.30 bits per heavy atom. The number of carbonyl (C=O) groups is 1. The molecule has 0 aromatic heterocycles. The van der Waals surface area contributed by atoms with Crippen LogP contribution in [-0.2, 0) is 14.3 Å². The molecule has 20 heavy (non-hydrogen) atoms. The first-order valence-corrected chi connectivity index (χ1v) is 6.57. The fourth-order valence-electron chi connectivity index (χ4n) is 1.27. The molecule has 120 valence electrons. The fraction of sp³-hybridized carbons (Fsp3) is 0.846. The predicted molar refractivity (Wildman–Crippen MR) is 83.0 cm³/mol. The minimum absolute atomic E-state index is 0. The fourth-order valence-corrected chi connectivity index (χ4v) is 1.27. The zero-order valence-electron chi connectivity index (χ0n) is 13.0. The highest BCUT2D eigenvalue weighted by atomic mass is 35.5. The molecule has 0 bridgehead atoms. The summed E-state index contributed by atoms with van der Waals surface area (Å²) in [5, 5.41) is 0. The van der Waals surface area contributed by atoms with Crippen molar-refractivity contribution in [2.75, 3.05) is 6.54 Å². The number of hydrogen-bond donors (Lipinski definition) is 2. The molecule has 0 unspecified atom stereocenters. The summed E-state index contributed by atoms with van der Waals surface area (Å²) < 4.78 is 10.4. The highest BCUT2D eigenvalue weighted by molar-refractivity contribution is 5.85. The summed E-state index contributed by atoms with van der Waals surface area (Å²) in [6.07, 6.45) is 1.17. The van der Waals surface area contributed by atoms with E-state index in [-0.39, 0.29) is 30.5 Å². The van der Waals surface area contributed by atoms with E-state index < -0.39 is 11.6 Å². The Kier molecular flexibility index (Phi) is 10.5. The van der Waals surface area contributed by atoms with E-state index in [1.807, 2.05) is 34.6 Å². The Hall–Kier alpha value is -1.01. The number of amidine groups is 1. The van der Waals surface area contributed by atoms with Crippen molar-refractivity contribution < 1.29 is 14.3 Å². The van der Waals surface area contributed by atoms with Gasteiger partial charge in [-0.2, -0.15) is 0 Å². The van der Waals surface area contributed by atoms with Crippen molar-refractivity contribution in [1.82, 2.24) is 0 Å². The van der Waals surface area contributed by atoms with Gasteiger partial charge in [0.25, 0.3) is 6.02 Å². The van der Waals surface area contributed by atoms with E-state index in [9.17, 15) is 4.79 Å². The van der Waals surface area contributed by atoms with Crippen molar-refractivity contribution in [2.24, 2.45) is 16.5 Å². The van der Waals surface area contributed by atoms with E-state index >= 15 is 0 Å². The molecule has 0 aliphatic heterocycles. The number of nitrogens with two attached hydrogens (primary N) is 2. The smallest absolute Gasteiger partial charge is 0.323 e. The van der Waals surface area contributed by atoms with Gasteiger partial charge in [-0.25, -0.2) is 4.99 Å². The van der Waals surface area contributed by atoms with Gasteiger partial charge in [-0.15, -0.1) is 12.4 Å². The van der Waals surface area contributed by atoms with Gasteiger partial charge < -0.3 is 20.9 Å². The number of aliphatic imine (C=N–C) groups is 1. The van der Waals surface area contributed by atoms with E-state index in [4.69, 9.17) is 20.9 Å². The Morgan fingerprint density at radius 2 is 1.85 bits per heavy atom. The third kappa shape index (κ3) is 12.0. The van der Waals surface area contributed by atoms with Crippen LogP contribution in [0.25, 0.3) is 0 Å². The first-order valence-electron chi connectivity index (χ1n) is 6.57.